The molecule has 27 atom stereocenters. The van der Waals surface area contributed by atoms with E-state index in [1.54, 1.807) is 6.08 Å². The molecule has 0 aromatic carbocycles. The van der Waals surface area contributed by atoms with Crippen molar-refractivity contribution in [1.82, 2.24) is 0 Å². The molecule has 8 fully saturated rings. The lowest BCUT2D eigenvalue weighted by molar-refractivity contribution is -0.380. The summed E-state index contributed by atoms with van der Waals surface area (Å²) in [7, 11) is 1.49. The zero-order valence-electron chi connectivity index (χ0n) is 43.5. The molecule has 446 valence electrons. The number of hydrogen-bond donors (Lipinski definition) is 14. The Morgan fingerprint density at radius 2 is 1.01 bits per heavy atom. The van der Waals surface area contributed by atoms with Gasteiger partial charge in [-0.3, -0.25) is 0 Å². The van der Waals surface area contributed by atoms with E-state index in [1.807, 2.05) is 0 Å². The van der Waals surface area contributed by atoms with Gasteiger partial charge in [-0.05, 0) is 94.8 Å². The molecular weight excluding hydrogens is 1040 g/mol. The Bertz CT molecular complexity index is 1960. The number of aliphatic hydroxyl groups is 14. The van der Waals surface area contributed by atoms with Gasteiger partial charge < -0.3 is 119 Å². The third kappa shape index (κ3) is 14.8. The highest BCUT2D eigenvalue weighted by Gasteiger charge is 2.56. The molecule has 0 bridgehead atoms. The summed E-state index contributed by atoms with van der Waals surface area (Å²) < 4.78 is 60.2. The van der Waals surface area contributed by atoms with Crippen molar-refractivity contribution >= 4 is 11.9 Å². The van der Waals surface area contributed by atoms with Gasteiger partial charge in [-0.15, -0.1) is 0 Å². The first-order chi connectivity index (χ1) is 37.2. The number of methoxy groups -OCH3 is 1. The standard InChI is InChI=1S/C52H82O26/c1-69-33-15-23(3-11-29(33)57)5-13-39(60)71-21-37-42(63)45(66)49(78-51-47(68)44(65)41(62)36(76-51)20-70-38(59)12-4-22-2-10-28(56)30(58)14-22)52(77-37)74-34-18-27-31(72-48(34)24-6-8-25(54)9-7-24)16-26(55)17-32(27)73-50-46(67)43(64)40(61)35(19-53)75-50/h4-5,12-13,22-37,40-58,61-68H,2-3,6-11,14-21H2,1H3/t22?,23?,24?,25?,26?,27?,28?,29?,30?,31?,32?,33?,34?,35-,36-,37+,40-,41-,42-,43+,44-,45-,46+,47-,48?,49-,50-,51-,52-/m1/s1. The van der Waals surface area contributed by atoms with Crippen molar-refractivity contribution in [2.24, 2.45) is 23.7 Å². The minimum absolute atomic E-state index is 0.0197. The molecule has 4 aliphatic heterocycles. The molecule has 4 aliphatic carbocycles. The Kier molecular flexibility index (Phi) is 21.9. The molecule has 8 aliphatic rings. The summed E-state index contributed by atoms with van der Waals surface area (Å²) in [5, 5.41) is 151. The zero-order chi connectivity index (χ0) is 56.1. The van der Waals surface area contributed by atoms with Crippen molar-refractivity contribution < 1.29 is 128 Å². The Morgan fingerprint density at radius 1 is 0.474 bits per heavy atom. The fourth-order valence-corrected chi connectivity index (χ4v) is 12.4. The monoisotopic (exact) mass is 1120 g/mol. The number of aliphatic hydroxyl groups excluding tert-OH is 14. The van der Waals surface area contributed by atoms with Crippen molar-refractivity contribution in [2.75, 3.05) is 26.9 Å². The van der Waals surface area contributed by atoms with E-state index in [-0.39, 0.29) is 43.4 Å². The third-order valence-electron chi connectivity index (χ3n) is 17.2. The van der Waals surface area contributed by atoms with Gasteiger partial charge in [0.25, 0.3) is 0 Å². The van der Waals surface area contributed by atoms with Gasteiger partial charge in [0, 0.05) is 31.6 Å². The van der Waals surface area contributed by atoms with Gasteiger partial charge in [0.15, 0.2) is 18.9 Å². The van der Waals surface area contributed by atoms with Gasteiger partial charge in [0.05, 0.1) is 67.6 Å². The summed E-state index contributed by atoms with van der Waals surface area (Å²) in [6, 6.07) is 0. The molecule has 4 heterocycles. The van der Waals surface area contributed by atoms with Crippen LogP contribution in [-0.4, -0.2) is 264 Å². The van der Waals surface area contributed by atoms with E-state index in [9.17, 15) is 81.1 Å². The summed E-state index contributed by atoms with van der Waals surface area (Å²) >= 11 is 0. The zero-order valence-corrected chi connectivity index (χ0v) is 43.5. The van der Waals surface area contributed by atoms with E-state index in [4.69, 9.17) is 47.4 Å². The minimum atomic E-state index is -2.03. The lowest BCUT2D eigenvalue weighted by Crippen LogP contribution is -2.66. The molecule has 78 heavy (non-hydrogen) atoms. The number of fused-ring (bicyclic) bond motifs is 1. The molecule has 0 radical (unpaired) electrons. The highest BCUT2D eigenvalue weighted by Crippen LogP contribution is 2.45. The molecule has 0 aromatic rings. The largest absolute Gasteiger partial charge is 0.460 e. The first-order valence-corrected chi connectivity index (χ1v) is 27.5. The SMILES string of the molecule is COC1CC(C=CC(=O)OC[C@@H]2O[C@@H](OC3CC4C(CC(O)CC4O[C@@H]4O[C@H](CO)[C@@H](O)[C@H](O)[C@@H]4O)OC3C3CCC(O)CC3)[C@H](O[C@H]3O[C@H](COC(=O)C=CC4CCC(O)C(O)C4)[C@@H](O)[C@@H](O)[C@H]3O)[C@H](O)[C@@H]2O)CCC1O. The minimum Gasteiger partial charge on any atom is -0.460 e. The van der Waals surface area contributed by atoms with E-state index in [0.717, 1.165) is 6.08 Å². The van der Waals surface area contributed by atoms with Crippen molar-refractivity contribution in [3.05, 3.63) is 24.3 Å². The van der Waals surface area contributed by atoms with Crippen molar-refractivity contribution in [3.63, 3.8) is 0 Å². The van der Waals surface area contributed by atoms with Gasteiger partial charge in [-0.1, -0.05) is 12.2 Å². The number of carbonyl (C=O) groups is 2. The summed E-state index contributed by atoms with van der Waals surface area (Å²) in [4.78, 5) is 26.0. The molecule has 4 saturated carbocycles. The van der Waals surface area contributed by atoms with E-state index >= 15 is 0 Å². The molecule has 0 aromatic heterocycles. The third-order valence-corrected chi connectivity index (χ3v) is 17.2. The highest BCUT2D eigenvalue weighted by molar-refractivity contribution is 5.82. The van der Waals surface area contributed by atoms with Gasteiger partial charge >= 0.3 is 11.9 Å². The van der Waals surface area contributed by atoms with Gasteiger partial charge in [0.1, 0.15) is 86.5 Å². The predicted molar refractivity (Wildman–Crippen MR) is 259 cm³/mol. The van der Waals surface area contributed by atoms with Crippen LogP contribution < -0.4 is 0 Å². The van der Waals surface area contributed by atoms with Crippen LogP contribution in [0.2, 0.25) is 0 Å². The molecule has 8 rings (SSSR count). The molecular formula is C52H82O26. The molecule has 0 spiro atoms. The van der Waals surface area contributed by atoms with Crippen LogP contribution in [-0.2, 0) is 57.0 Å². The number of esters is 2. The number of rotatable bonds is 17. The smallest absolute Gasteiger partial charge is 0.330 e. The van der Waals surface area contributed by atoms with Crippen LogP contribution in [0.5, 0.6) is 0 Å². The van der Waals surface area contributed by atoms with Crippen LogP contribution in [0.15, 0.2) is 24.3 Å². The number of hydrogen-bond acceptors (Lipinski definition) is 26. The molecule has 14 N–H and O–H groups in total. The average Bonchev–Trinajstić information content (AvgIpc) is 3.48. The van der Waals surface area contributed by atoms with Crippen LogP contribution in [0.1, 0.15) is 83.5 Å². The van der Waals surface area contributed by atoms with Crippen molar-refractivity contribution in [3.8, 4) is 0 Å². The Morgan fingerprint density at radius 3 is 1.62 bits per heavy atom. The molecule has 26 heteroatoms. The normalized spacial score (nSPS) is 48.6. The predicted octanol–water partition coefficient (Wildman–Crippen LogP) is -4.43. The van der Waals surface area contributed by atoms with Crippen LogP contribution in [0.4, 0.5) is 0 Å². The first-order valence-electron chi connectivity index (χ1n) is 27.5. The van der Waals surface area contributed by atoms with Crippen LogP contribution in [0.25, 0.3) is 0 Å². The number of allylic oxidation sites excluding steroid dienone is 2. The number of ether oxygens (including phenoxy) is 10. The van der Waals surface area contributed by atoms with E-state index in [0.29, 0.717) is 57.8 Å². The summed E-state index contributed by atoms with van der Waals surface area (Å²) in [5.74, 6) is -2.98. The van der Waals surface area contributed by atoms with E-state index < -0.39 is 191 Å². The maximum absolute atomic E-state index is 13.2. The summed E-state index contributed by atoms with van der Waals surface area (Å²) in [5.41, 5.74) is 0. The quantitative estimate of drug-likeness (QED) is 0.0483. The molecule has 12 unspecified atom stereocenters. The van der Waals surface area contributed by atoms with Crippen molar-refractivity contribution in [1.29, 1.82) is 0 Å². The Hall–Kier alpha value is -2.46. The van der Waals surface area contributed by atoms with Crippen molar-refractivity contribution in [2.45, 2.75) is 237 Å². The van der Waals surface area contributed by atoms with E-state index in [1.165, 1.54) is 19.3 Å². The number of carbonyl (C=O) groups excluding carboxylic acids is 2. The Balaban J connectivity index is 1.03. The summed E-state index contributed by atoms with van der Waals surface area (Å²) in [6.45, 7) is -2.04. The lowest BCUT2D eigenvalue weighted by Gasteiger charge is -2.52. The Labute approximate surface area is 451 Å². The maximum atomic E-state index is 13.2. The highest BCUT2D eigenvalue weighted by atomic mass is 16.8. The second-order valence-corrected chi connectivity index (χ2v) is 22.5. The fraction of sp³-hybridized carbons (Fsp3) is 0.885. The maximum Gasteiger partial charge on any atom is 0.330 e. The first kappa shape index (κ1) is 61.6. The molecule has 0 amide bonds. The van der Waals surface area contributed by atoms with Gasteiger partial charge in [-0.2, -0.15) is 0 Å². The molecule has 4 saturated heterocycles. The van der Waals surface area contributed by atoms with E-state index in [2.05, 4.69) is 0 Å². The van der Waals surface area contributed by atoms with Gasteiger partial charge in [-0.25, -0.2) is 9.59 Å². The molecule has 26 nitrogen and oxygen atoms in total. The van der Waals surface area contributed by atoms with Crippen LogP contribution in [0.3, 0.4) is 0 Å². The fourth-order valence-electron chi connectivity index (χ4n) is 12.4. The topological polar surface area (TPSA) is 410 Å². The summed E-state index contributed by atoms with van der Waals surface area (Å²) in [6.07, 6.45) is -24.4. The second kappa shape index (κ2) is 27.7. The lowest BCUT2D eigenvalue weighted by atomic mass is 9.73. The average molecular weight is 1120 g/mol. The van der Waals surface area contributed by atoms with Crippen LogP contribution in [0, 0.1) is 23.7 Å². The second-order valence-electron chi connectivity index (χ2n) is 22.5. The van der Waals surface area contributed by atoms with Gasteiger partial charge in [0.2, 0.25) is 0 Å². The van der Waals surface area contributed by atoms with Crippen LogP contribution >= 0.6 is 0 Å².